The maximum Gasteiger partial charge on any atom is 0.242 e. The SMILES string of the molecule is CCCc1nc2ccccc2n1CC(=O)N(C)CC1(O)CCCN(c2cnccn2)C1. The number of imidazole rings is 1. The largest absolute Gasteiger partial charge is 0.386 e. The predicted octanol–water partition coefficient (Wildman–Crippen LogP) is 2.27. The Morgan fingerprint density at radius 1 is 1.29 bits per heavy atom. The summed E-state index contributed by atoms with van der Waals surface area (Å²) in [6.45, 7) is 3.85. The van der Waals surface area contributed by atoms with E-state index in [9.17, 15) is 9.90 Å². The van der Waals surface area contributed by atoms with Crippen LogP contribution in [0.4, 0.5) is 5.82 Å². The number of fused-ring (bicyclic) bond motifs is 1. The molecule has 8 nitrogen and oxygen atoms in total. The number of rotatable bonds is 7. The van der Waals surface area contributed by atoms with E-state index in [1.807, 2.05) is 33.7 Å². The maximum atomic E-state index is 13.1. The number of nitrogens with zero attached hydrogens (tertiary/aromatic N) is 6. The van der Waals surface area contributed by atoms with Crippen molar-refractivity contribution in [3.8, 4) is 0 Å². The molecule has 1 aliphatic heterocycles. The first-order chi connectivity index (χ1) is 15.0. The van der Waals surface area contributed by atoms with E-state index in [2.05, 4.69) is 16.9 Å². The lowest BCUT2D eigenvalue weighted by atomic mass is 9.92. The lowest BCUT2D eigenvalue weighted by Gasteiger charge is -2.41. The van der Waals surface area contributed by atoms with Crippen LogP contribution in [0.5, 0.6) is 0 Å². The van der Waals surface area contributed by atoms with E-state index >= 15 is 0 Å². The van der Waals surface area contributed by atoms with Gasteiger partial charge in [-0.25, -0.2) is 9.97 Å². The molecular formula is C23H30N6O2. The summed E-state index contributed by atoms with van der Waals surface area (Å²) in [5, 5.41) is 11.3. The molecule has 31 heavy (non-hydrogen) atoms. The van der Waals surface area contributed by atoms with Gasteiger partial charge in [0.25, 0.3) is 0 Å². The number of carbonyl (C=O) groups is 1. The van der Waals surface area contributed by atoms with Crippen molar-refractivity contribution in [1.29, 1.82) is 0 Å². The minimum Gasteiger partial charge on any atom is -0.386 e. The number of aromatic nitrogens is 4. The number of anilines is 1. The number of β-amino-alcohol motifs (C(OH)–C–C–N with tert-alkyl or cyclic N) is 1. The minimum atomic E-state index is -0.983. The number of benzene rings is 1. The standard InChI is InChI=1S/C23H30N6O2/c1-3-7-20-26-18-8-4-5-9-19(18)29(20)15-22(30)27(2)16-23(31)10-6-13-28(17-23)21-14-24-11-12-25-21/h4-5,8-9,11-12,14,31H,3,6-7,10,13,15-17H2,1-2H3. The number of hydrogen-bond donors (Lipinski definition) is 1. The van der Waals surface area contributed by atoms with Crippen molar-refractivity contribution in [2.24, 2.45) is 0 Å². The summed E-state index contributed by atoms with van der Waals surface area (Å²) in [5.74, 6) is 1.64. The van der Waals surface area contributed by atoms with Gasteiger partial charge >= 0.3 is 0 Å². The molecule has 1 atom stereocenters. The Labute approximate surface area is 182 Å². The quantitative estimate of drug-likeness (QED) is 0.629. The topological polar surface area (TPSA) is 87.4 Å². The third-order valence-corrected chi connectivity index (χ3v) is 5.89. The van der Waals surface area contributed by atoms with Gasteiger partial charge in [-0.05, 0) is 31.4 Å². The molecule has 2 aromatic heterocycles. The molecule has 1 aromatic carbocycles. The van der Waals surface area contributed by atoms with Gasteiger partial charge in [-0.2, -0.15) is 0 Å². The number of likely N-dealkylation sites (N-methyl/N-ethyl adjacent to an activating group) is 1. The normalized spacial score (nSPS) is 19.0. The Bertz CT molecular complexity index is 1040. The first-order valence-corrected chi connectivity index (χ1v) is 10.9. The molecule has 1 amide bonds. The molecule has 164 valence electrons. The van der Waals surface area contributed by atoms with Gasteiger partial charge in [0.1, 0.15) is 18.2 Å². The minimum absolute atomic E-state index is 0.0365. The molecule has 3 heterocycles. The van der Waals surface area contributed by atoms with Gasteiger partial charge in [0.15, 0.2) is 0 Å². The second-order valence-corrected chi connectivity index (χ2v) is 8.42. The molecule has 1 unspecified atom stereocenters. The van der Waals surface area contributed by atoms with E-state index in [1.165, 1.54) is 0 Å². The summed E-state index contributed by atoms with van der Waals surface area (Å²) in [6.07, 6.45) is 8.27. The Balaban J connectivity index is 1.46. The zero-order chi connectivity index (χ0) is 21.8. The Hall–Kier alpha value is -3.00. The van der Waals surface area contributed by atoms with Gasteiger partial charge in [0.2, 0.25) is 5.91 Å². The fourth-order valence-electron chi connectivity index (χ4n) is 4.39. The molecule has 1 saturated heterocycles. The molecule has 0 bridgehead atoms. The smallest absolute Gasteiger partial charge is 0.242 e. The van der Waals surface area contributed by atoms with Crippen LogP contribution in [0.25, 0.3) is 11.0 Å². The van der Waals surface area contributed by atoms with E-state index in [1.54, 1.807) is 30.5 Å². The molecule has 1 fully saturated rings. The summed E-state index contributed by atoms with van der Waals surface area (Å²) in [7, 11) is 1.76. The zero-order valence-corrected chi connectivity index (χ0v) is 18.2. The third-order valence-electron chi connectivity index (χ3n) is 5.89. The van der Waals surface area contributed by atoms with Crippen LogP contribution in [0, 0.1) is 0 Å². The van der Waals surface area contributed by atoms with Crippen molar-refractivity contribution in [3.05, 3.63) is 48.7 Å². The lowest BCUT2D eigenvalue weighted by Crippen LogP contribution is -2.55. The first-order valence-electron chi connectivity index (χ1n) is 10.9. The summed E-state index contributed by atoms with van der Waals surface area (Å²) in [6, 6.07) is 7.91. The lowest BCUT2D eigenvalue weighted by molar-refractivity contribution is -0.134. The van der Waals surface area contributed by atoms with E-state index < -0.39 is 5.60 Å². The van der Waals surface area contributed by atoms with Crippen LogP contribution in [-0.4, -0.2) is 67.7 Å². The highest BCUT2D eigenvalue weighted by Gasteiger charge is 2.36. The molecule has 0 spiro atoms. The van der Waals surface area contributed by atoms with Crippen LogP contribution in [0.1, 0.15) is 32.0 Å². The number of aryl methyl sites for hydroxylation is 1. The second kappa shape index (κ2) is 9.01. The molecule has 0 aliphatic carbocycles. The molecule has 4 rings (SSSR count). The number of aliphatic hydroxyl groups is 1. The fraction of sp³-hybridized carbons (Fsp3) is 0.478. The maximum absolute atomic E-state index is 13.1. The zero-order valence-electron chi connectivity index (χ0n) is 18.2. The van der Waals surface area contributed by atoms with Crippen LogP contribution in [0.3, 0.4) is 0 Å². The number of para-hydroxylation sites is 2. The summed E-state index contributed by atoms with van der Waals surface area (Å²) >= 11 is 0. The highest BCUT2D eigenvalue weighted by atomic mass is 16.3. The fourth-order valence-corrected chi connectivity index (χ4v) is 4.39. The number of amides is 1. The summed E-state index contributed by atoms with van der Waals surface area (Å²) in [5.41, 5.74) is 0.897. The van der Waals surface area contributed by atoms with Gasteiger partial charge in [-0.15, -0.1) is 0 Å². The summed E-state index contributed by atoms with van der Waals surface area (Å²) in [4.78, 5) is 30.0. The average Bonchev–Trinajstić information content (AvgIpc) is 3.11. The Morgan fingerprint density at radius 3 is 2.90 bits per heavy atom. The van der Waals surface area contributed by atoms with Gasteiger partial charge in [0, 0.05) is 39.0 Å². The Kier molecular flexibility index (Phi) is 6.18. The summed E-state index contributed by atoms with van der Waals surface area (Å²) < 4.78 is 2.01. The molecular weight excluding hydrogens is 392 g/mol. The van der Waals surface area contributed by atoms with Crippen molar-refractivity contribution in [1.82, 2.24) is 24.4 Å². The van der Waals surface area contributed by atoms with Crippen molar-refractivity contribution >= 4 is 22.8 Å². The predicted molar refractivity (Wildman–Crippen MR) is 120 cm³/mol. The van der Waals surface area contributed by atoms with Crippen molar-refractivity contribution in [3.63, 3.8) is 0 Å². The third kappa shape index (κ3) is 4.69. The van der Waals surface area contributed by atoms with E-state index in [0.717, 1.165) is 48.5 Å². The van der Waals surface area contributed by atoms with Crippen molar-refractivity contribution in [2.45, 2.75) is 44.8 Å². The molecule has 3 aromatic rings. The highest BCUT2D eigenvalue weighted by molar-refractivity contribution is 5.81. The average molecular weight is 423 g/mol. The molecule has 0 radical (unpaired) electrons. The van der Waals surface area contributed by atoms with Crippen LogP contribution in [-0.2, 0) is 17.8 Å². The first kappa shape index (κ1) is 21.2. The van der Waals surface area contributed by atoms with Gasteiger partial charge in [-0.3, -0.25) is 9.78 Å². The van der Waals surface area contributed by atoms with Crippen molar-refractivity contribution < 1.29 is 9.90 Å². The second-order valence-electron chi connectivity index (χ2n) is 8.42. The van der Waals surface area contributed by atoms with Gasteiger partial charge in [-0.1, -0.05) is 19.1 Å². The van der Waals surface area contributed by atoms with E-state index in [4.69, 9.17) is 4.98 Å². The van der Waals surface area contributed by atoms with E-state index in [-0.39, 0.29) is 19.0 Å². The molecule has 8 heteroatoms. The van der Waals surface area contributed by atoms with Crippen LogP contribution < -0.4 is 4.90 Å². The van der Waals surface area contributed by atoms with E-state index in [0.29, 0.717) is 13.0 Å². The van der Waals surface area contributed by atoms with Gasteiger partial charge < -0.3 is 19.5 Å². The monoisotopic (exact) mass is 422 g/mol. The Morgan fingerprint density at radius 2 is 2.13 bits per heavy atom. The number of carbonyl (C=O) groups excluding carboxylic acids is 1. The van der Waals surface area contributed by atoms with Gasteiger partial charge in [0.05, 0.1) is 29.4 Å². The number of piperidine rings is 1. The van der Waals surface area contributed by atoms with Crippen LogP contribution in [0.2, 0.25) is 0 Å². The van der Waals surface area contributed by atoms with Crippen molar-refractivity contribution in [2.75, 3.05) is 31.6 Å². The molecule has 0 saturated carbocycles. The molecule has 1 aliphatic rings. The highest BCUT2D eigenvalue weighted by Crippen LogP contribution is 2.25. The molecule has 1 N–H and O–H groups in total. The van der Waals surface area contributed by atoms with Crippen LogP contribution in [0.15, 0.2) is 42.9 Å². The number of hydrogen-bond acceptors (Lipinski definition) is 6. The van der Waals surface area contributed by atoms with Crippen LogP contribution >= 0.6 is 0 Å².